The van der Waals surface area contributed by atoms with Crippen molar-refractivity contribution in [1.82, 2.24) is 4.31 Å². The lowest BCUT2D eigenvalue weighted by atomic mass is 10.0. The first kappa shape index (κ1) is 14.4. The Bertz CT molecular complexity index is 318. The fraction of sp³-hybridized carbons (Fsp3) is 0.909. The van der Waals surface area contributed by atoms with Gasteiger partial charge in [-0.15, -0.1) is 0 Å². The van der Waals surface area contributed by atoms with Crippen LogP contribution in [0.4, 0.5) is 0 Å². The molecule has 0 aromatic rings. The summed E-state index contributed by atoms with van der Waals surface area (Å²) in [5.74, 6) is 0. The Labute approximate surface area is 103 Å². The average molecular weight is 263 g/mol. The molecule has 1 aliphatic carbocycles. The zero-order chi connectivity index (χ0) is 12.7. The summed E-state index contributed by atoms with van der Waals surface area (Å²) in [4.78, 5) is 8.95. The van der Waals surface area contributed by atoms with Crippen molar-refractivity contribution >= 4 is 16.5 Å². The van der Waals surface area contributed by atoms with Crippen LogP contribution in [-0.4, -0.2) is 44.6 Å². The number of sulfonamides is 1. The summed E-state index contributed by atoms with van der Waals surface area (Å²) in [6, 6.07) is 0. The molecule has 2 fully saturated rings. The van der Waals surface area contributed by atoms with Crippen LogP contribution in [0.3, 0.4) is 0 Å². The quantitative estimate of drug-likeness (QED) is 0.716. The zero-order valence-electron chi connectivity index (χ0n) is 10.3. The van der Waals surface area contributed by atoms with Gasteiger partial charge < -0.3 is 4.74 Å². The first-order valence-electron chi connectivity index (χ1n) is 6.08. The van der Waals surface area contributed by atoms with Gasteiger partial charge in [-0.3, -0.25) is 4.79 Å². The highest BCUT2D eigenvalue weighted by Gasteiger charge is 2.36. The largest absolute Gasteiger partial charge is 0.471 e. The molecule has 0 atom stereocenters. The molecule has 0 aromatic heterocycles. The molecule has 0 spiro atoms. The zero-order valence-corrected chi connectivity index (χ0v) is 11.1. The van der Waals surface area contributed by atoms with Crippen LogP contribution in [0, 0.1) is 0 Å². The second kappa shape index (κ2) is 6.96. The average Bonchev–Trinajstić information content (AvgIpc) is 2.28. The van der Waals surface area contributed by atoms with Gasteiger partial charge in [-0.25, -0.2) is 12.7 Å². The number of methoxy groups -OCH3 is 1. The maximum atomic E-state index is 11.9. The third kappa shape index (κ3) is 3.96. The van der Waals surface area contributed by atoms with Crippen molar-refractivity contribution in [1.29, 1.82) is 0 Å². The van der Waals surface area contributed by atoms with Gasteiger partial charge in [0.25, 0.3) is 6.47 Å². The predicted octanol–water partition coefficient (Wildman–Crippen LogP) is 1.14. The van der Waals surface area contributed by atoms with Crippen LogP contribution in [-0.2, 0) is 19.6 Å². The van der Waals surface area contributed by atoms with Crippen molar-refractivity contribution in [3.8, 4) is 0 Å². The lowest BCUT2D eigenvalue weighted by Crippen LogP contribution is -2.44. The molecule has 0 aromatic carbocycles. The topological polar surface area (TPSA) is 63.7 Å². The SMILES string of the molecule is COC=O.O=S(=O)(C1CCC1)N1CCCCC1. The number of nitrogens with zero attached hydrogens (tertiary/aromatic N) is 1. The third-order valence-electron chi connectivity index (χ3n) is 3.24. The van der Waals surface area contributed by atoms with Crippen LogP contribution in [0.15, 0.2) is 0 Å². The molecular formula is C11H21NO4S. The van der Waals surface area contributed by atoms with E-state index in [1.54, 1.807) is 4.31 Å². The smallest absolute Gasteiger partial charge is 0.292 e. The molecule has 2 rings (SSSR count). The highest BCUT2D eigenvalue weighted by Crippen LogP contribution is 2.29. The molecule has 1 saturated carbocycles. The first-order chi connectivity index (χ1) is 8.12. The monoisotopic (exact) mass is 263 g/mol. The van der Waals surface area contributed by atoms with Crippen LogP contribution < -0.4 is 0 Å². The van der Waals surface area contributed by atoms with Gasteiger partial charge in [-0.1, -0.05) is 12.8 Å². The molecule has 0 unspecified atom stereocenters. The second-order valence-electron chi connectivity index (χ2n) is 4.39. The van der Waals surface area contributed by atoms with Crippen molar-refractivity contribution in [2.75, 3.05) is 20.2 Å². The van der Waals surface area contributed by atoms with Gasteiger partial charge >= 0.3 is 0 Å². The maximum absolute atomic E-state index is 11.9. The molecule has 2 aliphatic rings. The number of ether oxygens (including phenoxy) is 1. The normalized spacial score (nSPS) is 21.9. The van der Waals surface area contributed by atoms with Crippen molar-refractivity contribution in [2.45, 2.75) is 43.8 Å². The Balaban J connectivity index is 0.000000317. The molecule has 0 amide bonds. The number of piperidine rings is 1. The van der Waals surface area contributed by atoms with E-state index in [0.717, 1.165) is 45.2 Å². The van der Waals surface area contributed by atoms with Crippen LogP contribution in [0.2, 0.25) is 0 Å². The molecule has 1 heterocycles. The van der Waals surface area contributed by atoms with Crippen LogP contribution in [0.1, 0.15) is 38.5 Å². The van der Waals surface area contributed by atoms with E-state index in [4.69, 9.17) is 4.79 Å². The van der Waals surface area contributed by atoms with E-state index < -0.39 is 10.0 Å². The standard InChI is InChI=1S/C9H17NO2S.C2H4O2/c11-13(12,9-5-4-6-9)10-7-2-1-3-8-10;1-4-2-3/h9H,1-8H2;2H,1H3. The van der Waals surface area contributed by atoms with Gasteiger partial charge in [-0.05, 0) is 25.7 Å². The minimum atomic E-state index is -2.89. The molecule has 0 bridgehead atoms. The molecule has 1 saturated heterocycles. The van der Waals surface area contributed by atoms with E-state index in [9.17, 15) is 8.42 Å². The molecule has 100 valence electrons. The van der Waals surface area contributed by atoms with E-state index in [1.807, 2.05) is 0 Å². The van der Waals surface area contributed by atoms with E-state index in [1.165, 1.54) is 13.5 Å². The highest BCUT2D eigenvalue weighted by atomic mass is 32.2. The van der Waals surface area contributed by atoms with Crippen molar-refractivity contribution in [3.05, 3.63) is 0 Å². The Hall–Kier alpha value is -0.620. The molecule has 1 aliphatic heterocycles. The number of carbonyl (C=O) groups is 1. The Morgan fingerprint density at radius 1 is 1.12 bits per heavy atom. The fourth-order valence-electron chi connectivity index (χ4n) is 2.00. The molecule has 5 nitrogen and oxygen atoms in total. The van der Waals surface area contributed by atoms with Crippen LogP contribution in [0.25, 0.3) is 0 Å². The van der Waals surface area contributed by atoms with E-state index in [0.29, 0.717) is 6.47 Å². The summed E-state index contributed by atoms with van der Waals surface area (Å²) >= 11 is 0. The van der Waals surface area contributed by atoms with E-state index in [2.05, 4.69) is 4.74 Å². The van der Waals surface area contributed by atoms with Gasteiger partial charge in [0.2, 0.25) is 10.0 Å². The number of carbonyl (C=O) groups excluding carboxylic acids is 1. The summed E-state index contributed by atoms with van der Waals surface area (Å²) < 4.78 is 29.4. The number of hydrogen-bond donors (Lipinski definition) is 0. The van der Waals surface area contributed by atoms with Crippen molar-refractivity contribution < 1.29 is 17.9 Å². The molecule has 0 N–H and O–H groups in total. The molecule has 17 heavy (non-hydrogen) atoms. The summed E-state index contributed by atoms with van der Waals surface area (Å²) in [7, 11) is -1.58. The molecule has 6 heteroatoms. The first-order valence-corrected chi connectivity index (χ1v) is 7.58. The van der Waals surface area contributed by atoms with Gasteiger partial charge in [0.15, 0.2) is 0 Å². The van der Waals surface area contributed by atoms with Crippen molar-refractivity contribution in [2.24, 2.45) is 0 Å². The summed E-state index contributed by atoms with van der Waals surface area (Å²) in [6.45, 7) is 1.90. The summed E-state index contributed by atoms with van der Waals surface area (Å²) in [6.07, 6.45) is 6.16. The lowest BCUT2D eigenvalue weighted by molar-refractivity contribution is -0.126. The molecular weight excluding hydrogens is 242 g/mol. The van der Waals surface area contributed by atoms with Gasteiger partial charge in [0, 0.05) is 13.1 Å². The van der Waals surface area contributed by atoms with Crippen LogP contribution in [0.5, 0.6) is 0 Å². The fourth-order valence-corrected chi connectivity index (χ4v) is 4.12. The maximum Gasteiger partial charge on any atom is 0.292 e. The Morgan fingerprint density at radius 2 is 1.65 bits per heavy atom. The predicted molar refractivity (Wildman–Crippen MR) is 65.1 cm³/mol. The summed E-state index contributed by atoms with van der Waals surface area (Å²) in [5, 5.41) is -0.0365. The highest BCUT2D eigenvalue weighted by molar-refractivity contribution is 7.89. The van der Waals surface area contributed by atoms with E-state index >= 15 is 0 Å². The number of rotatable bonds is 3. The second-order valence-corrected chi connectivity index (χ2v) is 6.60. The lowest BCUT2D eigenvalue weighted by Gasteiger charge is -2.33. The molecule has 0 radical (unpaired) electrons. The Kier molecular flexibility index (Phi) is 5.91. The van der Waals surface area contributed by atoms with Gasteiger partial charge in [-0.2, -0.15) is 0 Å². The Morgan fingerprint density at radius 3 is 2.00 bits per heavy atom. The van der Waals surface area contributed by atoms with Crippen molar-refractivity contribution in [3.63, 3.8) is 0 Å². The minimum absolute atomic E-state index is 0.0365. The van der Waals surface area contributed by atoms with Crippen LogP contribution >= 0.6 is 0 Å². The summed E-state index contributed by atoms with van der Waals surface area (Å²) in [5.41, 5.74) is 0. The van der Waals surface area contributed by atoms with E-state index in [-0.39, 0.29) is 5.25 Å². The minimum Gasteiger partial charge on any atom is -0.471 e. The number of hydrogen-bond acceptors (Lipinski definition) is 4. The van der Waals surface area contributed by atoms with Gasteiger partial charge in [0.05, 0.1) is 12.4 Å². The third-order valence-corrected chi connectivity index (χ3v) is 5.64. The van der Waals surface area contributed by atoms with Gasteiger partial charge in [0.1, 0.15) is 0 Å².